The van der Waals surface area contributed by atoms with Gasteiger partial charge in [-0.1, -0.05) is 56.7 Å². The van der Waals surface area contributed by atoms with Crippen LogP contribution in [-0.2, 0) is 13.0 Å². The molecule has 4 aromatic rings. The SMILES string of the molecule is CC(C)c1ccc(OCCCCn2c(CCCCCNC(=O)c3ccccc3F)nc3ccccc32)cc1. The Labute approximate surface area is 225 Å². The summed E-state index contributed by atoms with van der Waals surface area (Å²) in [5.74, 6) is 1.70. The van der Waals surface area contributed by atoms with Crippen molar-refractivity contribution in [2.24, 2.45) is 0 Å². The first kappa shape index (κ1) is 27.4. The zero-order valence-corrected chi connectivity index (χ0v) is 22.5. The van der Waals surface area contributed by atoms with E-state index >= 15 is 0 Å². The molecule has 0 bridgehead atoms. The molecule has 1 amide bonds. The molecule has 0 saturated heterocycles. The lowest BCUT2D eigenvalue weighted by Crippen LogP contribution is -2.25. The number of nitrogens with zero attached hydrogens (tertiary/aromatic N) is 2. The molecule has 6 heteroatoms. The van der Waals surface area contributed by atoms with E-state index in [9.17, 15) is 9.18 Å². The van der Waals surface area contributed by atoms with Crippen LogP contribution in [0.2, 0.25) is 0 Å². The van der Waals surface area contributed by atoms with Crippen LogP contribution in [0.1, 0.15) is 73.6 Å². The molecule has 0 unspecified atom stereocenters. The third kappa shape index (κ3) is 7.44. The Bertz CT molecular complexity index is 1310. The van der Waals surface area contributed by atoms with Crippen molar-refractivity contribution in [1.29, 1.82) is 0 Å². The highest BCUT2D eigenvalue weighted by Crippen LogP contribution is 2.20. The second-order valence-corrected chi connectivity index (χ2v) is 9.99. The van der Waals surface area contributed by atoms with Crippen LogP contribution in [0.15, 0.2) is 72.8 Å². The van der Waals surface area contributed by atoms with Crippen molar-refractivity contribution in [1.82, 2.24) is 14.9 Å². The molecule has 0 fully saturated rings. The first-order valence-electron chi connectivity index (χ1n) is 13.7. The fourth-order valence-corrected chi connectivity index (χ4v) is 4.60. The molecule has 1 aromatic heterocycles. The normalized spacial score (nSPS) is 11.3. The lowest BCUT2D eigenvalue weighted by Gasteiger charge is -2.11. The number of aryl methyl sites for hydroxylation is 2. The highest BCUT2D eigenvalue weighted by atomic mass is 19.1. The molecule has 3 aromatic carbocycles. The number of carbonyl (C=O) groups excluding carboxylic acids is 1. The molecule has 5 nitrogen and oxygen atoms in total. The zero-order valence-electron chi connectivity index (χ0n) is 22.5. The number of unbranched alkanes of at least 4 members (excludes halogenated alkanes) is 3. The summed E-state index contributed by atoms with van der Waals surface area (Å²) in [6.07, 6.45) is 5.65. The Balaban J connectivity index is 1.21. The summed E-state index contributed by atoms with van der Waals surface area (Å²) < 4.78 is 22.0. The predicted octanol–water partition coefficient (Wildman–Crippen LogP) is 7.30. The molecule has 0 aliphatic carbocycles. The molecule has 1 heterocycles. The van der Waals surface area contributed by atoms with E-state index in [4.69, 9.17) is 9.72 Å². The average molecular weight is 516 g/mol. The summed E-state index contributed by atoms with van der Waals surface area (Å²) in [5, 5.41) is 2.82. The van der Waals surface area contributed by atoms with E-state index in [1.54, 1.807) is 12.1 Å². The number of rotatable bonds is 14. The van der Waals surface area contributed by atoms with Crippen LogP contribution in [0.25, 0.3) is 11.0 Å². The number of halogens is 1. The first-order chi connectivity index (χ1) is 18.5. The van der Waals surface area contributed by atoms with Gasteiger partial charge >= 0.3 is 0 Å². The summed E-state index contributed by atoms with van der Waals surface area (Å²) in [4.78, 5) is 17.1. The Kier molecular flexibility index (Phi) is 9.90. The van der Waals surface area contributed by atoms with Crippen LogP contribution in [0.4, 0.5) is 4.39 Å². The van der Waals surface area contributed by atoms with E-state index in [0.29, 0.717) is 19.1 Å². The van der Waals surface area contributed by atoms with Gasteiger partial charge in [0.2, 0.25) is 0 Å². The van der Waals surface area contributed by atoms with Crippen molar-refractivity contribution in [3.8, 4) is 5.75 Å². The van der Waals surface area contributed by atoms with Crippen molar-refractivity contribution in [2.75, 3.05) is 13.2 Å². The van der Waals surface area contributed by atoms with Gasteiger partial charge in [0.15, 0.2) is 0 Å². The molecule has 1 N–H and O–H groups in total. The second kappa shape index (κ2) is 13.8. The Hall–Kier alpha value is -3.67. The third-order valence-electron chi connectivity index (χ3n) is 6.81. The average Bonchev–Trinajstić information content (AvgIpc) is 3.28. The number of aromatic nitrogens is 2. The van der Waals surface area contributed by atoms with Gasteiger partial charge in [-0.05, 0) is 73.6 Å². The maximum Gasteiger partial charge on any atom is 0.254 e. The van der Waals surface area contributed by atoms with Crippen LogP contribution in [0.5, 0.6) is 5.75 Å². The minimum absolute atomic E-state index is 0.0932. The van der Waals surface area contributed by atoms with Crippen molar-refractivity contribution < 1.29 is 13.9 Å². The van der Waals surface area contributed by atoms with Gasteiger partial charge in [0, 0.05) is 19.5 Å². The van der Waals surface area contributed by atoms with E-state index < -0.39 is 5.82 Å². The Morgan fingerprint density at radius 3 is 2.47 bits per heavy atom. The van der Waals surface area contributed by atoms with Gasteiger partial charge in [-0.25, -0.2) is 9.37 Å². The molecule has 0 aliphatic heterocycles. The fourth-order valence-electron chi connectivity index (χ4n) is 4.60. The first-order valence-corrected chi connectivity index (χ1v) is 13.7. The lowest BCUT2D eigenvalue weighted by atomic mass is 10.0. The molecule has 0 aliphatic rings. The number of para-hydroxylation sites is 2. The van der Waals surface area contributed by atoms with E-state index in [-0.39, 0.29) is 11.5 Å². The third-order valence-corrected chi connectivity index (χ3v) is 6.81. The van der Waals surface area contributed by atoms with E-state index in [1.165, 1.54) is 23.2 Å². The van der Waals surface area contributed by atoms with E-state index in [2.05, 4.69) is 66.2 Å². The van der Waals surface area contributed by atoms with Crippen LogP contribution in [0, 0.1) is 5.82 Å². The monoisotopic (exact) mass is 515 g/mol. The molecular formula is C32H38FN3O2. The zero-order chi connectivity index (χ0) is 26.7. The number of carbonyl (C=O) groups is 1. The molecule has 4 rings (SSSR count). The number of benzene rings is 3. The van der Waals surface area contributed by atoms with Crippen LogP contribution in [0.3, 0.4) is 0 Å². The van der Waals surface area contributed by atoms with Gasteiger partial charge in [-0.3, -0.25) is 4.79 Å². The lowest BCUT2D eigenvalue weighted by molar-refractivity contribution is 0.0949. The Morgan fingerprint density at radius 2 is 1.68 bits per heavy atom. The van der Waals surface area contributed by atoms with Gasteiger partial charge in [0.05, 0.1) is 23.2 Å². The van der Waals surface area contributed by atoms with Gasteiger partial charge in [0.1, 0.15) is 17.4 Å². The van der Waals surface area contributed by atoms with Crippen LogP contribution in [-0.4, -0.2) is 28.6 Å². The van der Waals surface area contributed by atoms with Crippen molar-refractivity contribution in [3.05, 3.63) is 95.6 Å². The van der Waals surface area contributed by atoms with E-state index in [0.717, 1.165) is 62.2 Å². The topological polar surface area (TPSA) is 56.1 Å². The molecule has 200 valence electrons. The van der Waals surface area contributed by atoms with E-state index in [1.807, 2.05) is 6.07 Å². The van der Waals surface area contributed by atoms with Crippen LogP contribution >= 0.6 is 0 Å². The Morgan fingerprint density at radius 1 is 0.921 bits per heavy atom. The summed E-state index contributed by atoms with van der Waals surface area (Å²) in [5.41, 5.74) is 3.62. The summed E-state index contributed by atoms with van der Waals surface area (Å²) in [7, 11) is 0. The smallest absolute Gasteiger partial charge is 0.254 e. The van der Waals surface area contributed by atoms with Crippen LogP contribution < -0.4 is 10.1 Å². The minimum Gasteiger partial charge on any atom is -0.494 e. The number of nitrogens with one attached hydrogen (secondary N) is 1. The number of amides is 1. The standard InChI is InChI=1S/C32H38FN3O2/c1-24(2)25-17-19-26(20-18-25)38-23-11-10-22-36-30-15-8-7-14-29(30)35-31(36)16-4-3-9-21-34-32(37)27-12-5-6-13-28(27)33/h5-8,12-15,17-20,24H,3-4,9-11,16,21-23H2,1-2H3,(H,34,37). The van der Waals surface area contributed by atoms with Gasteiger partial charge < -0.3 is 14.6 Å². The number of imidazole rings is 1. The highest BCUT2D eigenvalue weighted by molar-refractivity contribution is 5.94. The molecule has 38 heavy (non-hydrogen) atoms. The highest BCUT2D eigenvalue weighted by Gasteiger charge is 2.11. The van der Waals surface area contributed by atoms with Crippen molar-refractivity contribution in [3.63, 3.8) is 0 Å². The van der Waals surface area contributed by atoms with Gasteiger partial charge in [-0.2, -0.15) is 0 Å². The predicted molar refractivity (Wildman–Crippen MR) is 151 cm³/mol. The van der Waals surface area contributed by atoms with Crippen molar-refractivity contribution >= 4 is 16.9 Å². The van der Waals surface area contributed by atoms with Gasteiger partial charge in [-0.15, -0.1) is 0 Å². The summed E-state index contributed by atoms with van der Waals surface area (Å²) in [6, 6.07) is 22.8. The van der Waals surface area contributed by atoms with Gasteiger partial charge in [0.25, 0.3) is 5.91 Å². The quantitative estimate of drug-likeness (QED) is 0.179. The number of fused-ring (bicyclic) bond motifs is 1. The molecule has 0 atom stereocenters. The van der Waals surface area contributed by atoms with Crippen molar-refractivity contribution in [2.45, 2.75) is 64.8 Å². The molecule has 0 radical (unpaired) electrons. The molecular weight excluding hydrogens is 477 g/mol. The summed E-state index contributed by atoms with van der Waals surface area (Å²) in [6.45, 7) is 6.52. The fraction of sp³-hybridized carbons (Fsp3) is 0.375. The number of hydrogen-bond acceptors (Lipinski definition) is 3. The maximum atomic E-state index is 13.8. The maximum absolute atomic E-state index is 13.8. The number of ether oxygens (including phenoxy) is 1. The minimum atomic E-state index is -0.490. The summed E-state index contributed by atoms with van der Waals surface area (Å²) >= 11 is 0. The molecule has 0 saturated carbocycles. The molecule has 0 spiro atoms. The second-order valence-electron chi connectivity index (χ2n) is 9.99. The largest absolute Gasteiger partial charge is 0.494 e. The number of hydrogen-bond donors (Lipinski definition) is 1.